The van der Waals surface area contributed by atoms with Gasteiger partial charge in [-0.15, -0.1) is 11.3 Å². The van der Waals surface area contributed by atoms with Crippen molar-refractivity contribution in [2.45, 2.75) is 24.8 Å². The Kier molecular flexibility index (Phi) is 2.24. The molecule has 0 unspecified atom stereocenters. The number of H-pyrrole nitrogens is 1. The molecule has 0 radical (unpaired) electrons. The molecule has 3 aromatic heterocycles. The van der Waals surface area contributed by atoms with Crippen LogP contribution in [0.25, 0.3) is 20.9 Å². The second-order valence-corrected chi connectivity index (χ2v) is 6.05. The van der Waals surface area contributed by atoms with Crippen LogP contribution in [-0.2, 0) is 5.54 Å². The van der Waals surface area contributed by atoms with Crippen molar-refractivity contribution in [1.82, 2.24) is 19.9 Å². The van der Waals surface area contributed by atoms with Crippen LogP contribution in [0.1, 0.15) is 25.1 Å². The third-order valence-corrected chi connectivity index (χ3v) is 4.78. The zero-order valence-electron chi connectivity index (χ0n) is 10.3. The highest BCUT2D eigenvalue weighted by Gasteiger charge is 2.37. The minimum atomic E-state index is -0.253. The van der Waals surface area contributed by atoms with Crippen LogP contribution in [0.4, 0.5) is 0 Å². The van der Waals surface area contributed by atoms with Crippen molar-refractivity contribution < 1.29 is 0 Å². The quantitative estimate of drug-likeness (QED) is 0.750. The van der Waals surface area contributed by atoms with Crippen LogP contribution < -0.4 is 5.73 Å². The van der Waals surface area contributed by atoms with E-state index in [0.717, 1.165) is 39.6 Å². The maximum Gasteiger partial charge on any atom is 0.142 e. The molecule has 0 spiro atoms. The Hall–Kier alpha value is -1.79. The van der Waals surface area contributed by atoms with Crippen molar-refractivity contribution in [2.75, 3.05) is 0 Å². The van der Waals surface area contributed by atoms with Crippen molar-refractivity contribution in [1.29, 1.82) is 0 Å². The lowest BCUT2D eigenvalue weighted by atomic mass is 9.77. The summed E-state index contributed by atoms with van der Waals surface area (Å²) in [4.78, 5) is 16.4. The van der Waals surface area contributed by atoms with Gasteiger partial charge in [-0.2, -0.15) is 0 Å². The van der Waals surface area contributed by atoms with Crippen LogP contribution in [-0.4, -0.2) is 19.9 Å². The Bertz CT molecular complexity index is 707. The van der Waals surface area contributed by atoms with Gasteiger partial charge in [0.15, 0.2) is 0 Å². The van der Waals surface area contributed by atoms with Crippen molar-refractivity contribution in [2.24, 2.45) is 5.73 Å². The van der Waals surface area contributed by atoms with E-state index in [1.807, 2.05) is 12.3 Å². The van der Waals surface area contributed by atoms with Gasteiger partial charge in [0.05, 0.1) is 28.3 Å². The number of aromatic amines is 1. The normalized spacial score (nSPS) is 17.5. The number of nitrogens with one attached hydrogen (secondary N) is 1. The average molecular weight is 271 g/mol. The summed E-state index contributed by atoms with van der Waals surface area (Å²) < 4.78 is 1.13. The average Bonchev–Trinajstić information content (AvgIpc) is 3.02. The SMILES string of the molecule is NC1(c2ncc(-c3nc4cnccc4s3)[nH]2)CCC1. The zero-order chi connectivity index (χ0) is 12.9. The number of nitrogens with two attached hydrogens (primary N) is 1. The molecule has 1 saturated carbocycles. The second-order valence-electron chi connectivity index (χ2n) is 5.02. The molecule has 96 valence electrons. The largest absolute Gasteiger partial charge is 0.338 e. The summed E-state index contributed by atoms with van der Waals surface area (Å²) in [6, 6.07) is 1.98. The van der Waals surface area contributed by atoms with Gasteiger partial charge >= 0.3 is 0 Å². The molecule has 1 fully saturated rings. The van der Waals surface area contributed by atoms with Gasteiger partial charge in [0.1, 0.15) is 16.3 Å². The van der Waals surface area contributed by atoms with Crippen LogP contribution in [0.15, 0.2) is 24.7 Å². The zero-order valence-corrected chi connectivity index (χ0v) is 11.1. The lowest BCUT2D eigenvalue weighted by molar-refractivity contribution is 0.240. The predicted molar refractivity (Wildman–Crippen MR) is 74.7 cm³/mol. The number of hydrogen-bond donors (Lipinski definition) is 2. The van der Waals surface area contributed by atoms with Gasteiger partial charge in [0.25, 0.3) is 0 Å². The number of fused-ring (bicyclic) bond motifs is 1. The minimum absolute atomic E-state index is 0.253. The Balaban J connectivity index is 1.75. The Labute approximate surface area is 113 Å². The molecule has 1 aliphatic carbocycles. The van der Waals surface area contributed by atoms with Crippen LogP contribution in [0, 0.1) is 0 Å². The van der Waals surface area contributed by atoms with Gasteiger partial charge in [-0.25, -0.2) is 9.97 Å². The van der Waals surface area contributed by atoms with E-state index < -0.39 is 0 Å². The minimum Gasteiger partial charge on any atom is -0.338 e. The molecule has 0 bridgehead atoms. The summed E-state index contributed by atoms with van der Waals surface area (Å²) in [6.07, 6.45) is 8.58. The number of pyridine rings is 1. The van der Waals surface area contributed by atoms with Crippen molar-refractivity contribution in [3.05, 3.63) is 30.5 Å². The highest BCUT2D eigenvalue weighted by molar-refractivity contribution is 7.21. The molecular formula is C13H13N5S. The molecule has 0 atom stereocenters. The Morgan fingerprint density at radius 2 is 2.21 bits per heavy atom. The number of thiazole rings is 1. The first-order valence-electron chi connectivity index (χ1n) is 6.30. The predicted octanol–water partition coefficient (Wildman–Crippen LogP) is 2.42. The molecule has 3 aromatic rings. The van der Waals surface area contributed by atoms with Gasteiger partial charge in [0.2, 0.25) is 0 Å². The smallest absolute Gasteiger partial charge is 0.142 e. The lowest BCUT2D eigenvalue weighted by Crippen LogP contribution is -2.44. The number of rotatable bonds is 2. The van der Waals surface area contributed by atoms with Crippen LogP contribution in [0.3, 0.4) is 0 Å². The summed E-state index contributed by atoms with van der Waals surface area (Å²) in [5.74, 6) is 0.881. The lowest BCUT2D eigenvalue weighted by Gasteiger charge is -2.35. The van der Waals surface area contributed by atoms with Crippen LogP contribution in [0.2, 0.25) is 0 Å². The molecule has 0 amide bonds. The van der Waals surface area contributed by atoms with E-state index in [9.17, 15) is 0 Å². The van der Waals surface area contributed by atoms with Gasteiger partial charge in [-0.1, -0.05) is 0 Å². The third-order valence-electron chi connectivity index (χ3n) is 3.71. The standard InChI is InChI=1S/C13H13N5S/c14-13(3-1-4-13)12-16-7-9(18-12)11-17-8-6-15-5-2-10(8)19-11/h2,5-7H,1,3-4,14H2,(H,16,18). The van der Waals surface area contributed by atoms with Crippen LogP contribution in [0.5, 0.6) is 0 Å². The molecule has 5 nitrogen and oxygen atoms in total. The molecule has 4 rings (SSSR count). The highest BCUT2D eigenvalue weighted by atomic mass is 32.1. The van der Waals surface area contributed by atoms with E-state index in [4.69, 9.17) is 5.73 Å². The van der Waals surface area contributed by atoms with Crippen molar-refractivity contribution in [3.8, 4) is 10.7 Å². The maximum atomic E-state index is 6.27. The van der Waals surface area contributed by atoms with E-state index in [2.05, 4.69) is 19.9 Å². The van der Waals surface area contributed by atoms with Crippen molar-refractivity contribution in [3.63, 3.8) is 0 Å². The van der Waals surface area contributed by atoms with E-state index >= 15 is 0 Å². The number of imidazole rings is 1. The van der Waals surface area contributed by atoms with Gasteiger partial charge in [0, 0.05) is 6.20 Å². The maximum absolute atomic E-state index is 6.27. The number of hydrogen-bond acceptors (Lipinski definition) is 5. The summed E-state index contributed by atoms with van der Waals surface area (Å²) in [5.41, 5.74) is 7.88. The second kappa shape index (κ2) is 3.85. The summed E-state index contributed by atoms with van der Waals surface area (Å²) in [6.45, 7) is 0. The third kappa shape index (κ3) is 1.67. The van der Waals surface area contributed by atoms with E-state index in [1.54, 1.807) is 23.7 Å². The molecule has 6 heteroatoms. The summed E-state index contributed by atoms with van der Waals surface area (Å²) in [7, 11) is 0. The summed E-state index contributed by atoms with van der Waals surface area (Å²) in [5, 5.41) is 0.935. The first-order valence-corrected chi connectivity index (χ1v) is 7.12. The number of nitrogens with zero attached hydrogens (tertiary/aromatic N) is 3. The summed E-state index contributed by atoms with van der Waals surface area (Å²) >= 11 is 1.64. The topological polar surface area (TPSA) is 80.5 Å². The first-order chi connectivity index (χ1) is 9.24. The van der Waals surface area contributed by atoms with Crippen LogP contribution >= 0.6 is 11.3 Å². The monoisotopic (exact) mass is 271 g/mol. The fourth-order valence-electron chi connectivity index (χ4n) is 2.37. The molecule has 0 saturated heterocycles. The van der Waals surface area contributed by atoms with E-state index in [0.29, 0.717) is 0 Å². The number of aromatic nitrogens is 4. The molecule has 3 N–H and O–H groups in total. The van der Waals surface area contributed by atoms with Gasteiger partial charge < -0.3 is 10.7 Å². The van der Waals surface area contributed by atoms with Gasteiger partial charge in [-0.3, -0.25) is 4.98 Å². The Morgan fingerprint density at radius 3 is 2.95 bits per heavy atom. The van der Waals surface area contributed by atoms with Gasteiger partial charge in [-0.05, 0) is 25.3 Å². The highest BCUT2D eigenvalue weighted by Crippen LogP contribution is 2.38. The molecule has 0 aliphatic heterocycles. The fourth-order valence-corrected chi connectivity index (χ4v) is 3.27. The molecule has 0 aromatic carbocycles. The van der Waals surface area contributed by atoms with E-state index in [1.165, 1.54) is 6.42 Å². The Morgan fingerprint density at radius 1 is 1.32 bits per heavy atom. The van der Waals surface area contributed by atoms with Crippen molar-refractivity contribution >= 4 is 21.6 Å². The molecule has 1 aliphatic rings. The fraction of sp³-hybridized carbons (Fsp3) is 0.308. The molecule has 3 heterocycles. The first kappa shape index (κ1) is 11.1. The molecular weight excluding hydrogens is 258 g/mol. The van der Waals surface area contributed by atoms with E-state index in [-0.39, 0.29) is 5.54 Å². The molecule has 19 heavy (non-hydrogen) atoms.